The Morgan fingerprint density at radius 1 is 1.59 bits per heavy atom. The van der Waals surface area contributed by atoms with Gasteiger partial charge in [0, 0.05) is 25.0 Å². The number of thiazole rings is 1. The fourth-order valence-corrected chi connectivity index (χ4v) is 2.55. The predicted octanol–water partition coefficient (Wildman–Crippen LogP) is 1.47. The second-order valence-electron chi connectivity index (χ2n) is 3.78. The number of rotatable bonds is 4. The molecule has 92 valence electrons. The maximum absolute atomic E-state index is 10.2. The molecule has 1 unspecified atom stereocenters. The minimum Gasteiger partial charge on any atom is -0.481 e. The molecule has 17 heavy (non-hydrogen) atoms. The van der Waals surface area contributed by atoms with E-state index in [0.29, 0.717) is 12.3 Å². The molecule has 0 spiro atoms. The summed E-state index contributed by atoms with van der Waals surface area (Å²) in [5.41, 5.74) is 1.53. The summed E-state index contributed by atoms with van der Waals surface area (Å²) in [7, 11) is 3.38. The van der Waals surface area contributed by atoms with E-state index >= 15 is 0 Å². The summed E-state index contributed by atoms with van der Waals surface area (Å²) in [6.45, 7) is 1.86. The van der Waals surface area contributed by atoms with Gasteiger partial charge in [0.05, 0.1) is 29.5 Å². The van der Waals surface area contributed by atoms with Crippen LogP contribution in [0.5, 0.6) is 5.88 Å². The minimum absolute atomic E-state index is 0.487. The first-order valence-corrected chi connectivity index (χ1v) is 6.15. The second-order valence-corrected chi connectivity index (χ2v) is 4.76. The van der Waals surface area contributed by atoms with Crippen molar-refractivity contribution in [2.75, 3.05) is 7.11 Å². The van der Waals surface area contributed by atoms with Crippen molar-refractivity contribution >= 4 is 11.3 Å². The molecule has 5 nitrogen and oxygen atoms in total. The van der Waals surface area contributed by atoms with Crippen molar-refractivity contribution in [1.82, 2.24) is 14.8 Å². The summed E-state index contributed by atoms with van der Waals surface area (Å²) < 4.78 is 6.90. The molecule has 0 aromatic carbocycles. The molecular weight excluding hydrogens is 238 g/mol. The van der Waals surface area contributed by atoms with E-state index in [-0.39, 0.29) is 0 Å². The number of aromatic nitrogens is 3. The summed E-state index contributed by atoms with van der Waals surface area (Å²) in [5.74, 6) is 0.603. The summed E-state index contributed by atoms with van der Waals surface area (Å²) in [4.78, 5) is 4.16. The molecule has 0 saturated heterocycles. The molecule has 0 bridgehead atoms. The van der Waals surface area contributed by atoms with Gasteiger partial charge in [-0.1, -0.05) is 0 Å². The first-order chi connectivity index (χ1) is 8.13. The number of aliphatic hydroxyl groups is 1. The molecule has 2 aromatic heterocycles. The number of aryl methyl sites for hydroxylation is 2. The largest absolute Gasteiger partial charge is 0.481 e. The van der Waals surface area contributed by atoms with E-state index in [1.807, 2.05) is 12.3 Å². The van der Waals surface area contributed by atoms with Crippen molar-refractivity contribution in [2.24, 2.45) is 7.05 Å². The van der Waals surface area contributed by atoms with Crippen molar-refractivity contribution in [1.29, 1.82) is 0 Å². The van der Waals surface area contributed by atoms with Crippen LogP contribution in [0, 0.1) is 6.92 Å². The average Bonchev–Trinajstić information content (AvgIpc) is 2.85. The van der Waals surface area contributed by atoms with Crippen LogP contribution < -0.4 is 4.74 Å². The van der Waals surface area contributed by atoms with Crippen LogP contribution in [0.3, 0.4) is 0 Å². The molecule has 2 heterocycles. The molecule has 0 fully saturated rings. The Balaban J connectivity index is 2.27. The van der Waals surface area contributed by atoms with Gasteiger partial charge in [0.15, 0.2) is 0 Å². The lowest BCUT2D eigenvalue weighted by atomic mass is 10.1. The third kappa shape index (κ3) is 2.32. The maximum atomic E-state index is 10.2. The topological polar surface area (TPSA) is 60.2 Å². The summed E-state index contributed by atoms with van der Waals surface area (Å²) in [5, 5.41) is 17.3. The van der Waals surface area contributed by atoms with E-state index in [0.717, 1.165) is 16.3 Å². The van der Waals surface area contributed by atoms with Gasteiger partial charge in [-0.25, -0.2) is 9.67 Å². The van der Waals surface area contributed by atoms with Gasteiger partial charge in [-0.05, 0) is 6.92 Å². The number of aliphatic hydroxyl groups excluding tert-OH is 1. The van der Waals surface area contributed by atoms with Gasteiger partial charge in [-0.3, -0.25) is 0 Å². The van der Waals surface area contributed by atoms with Crippen LogP contribution in [0.15, 0.2) is 11.6 Å². The lowest BCUT2D eigenvalue weighted by Gasteiger charge is -2.10. The number of hydrogen-bond acceptors (Lipinski definition) is 5. The summed E-state index contributed by atoms with van der Waals surface area (Å²) in [6.07, 6.45) is 1.59. The molecule has 2 rings (SSSR count). The van der Waals surface area contributed by atoms with Crippen LogP contribution >= 0.6 is 11.3 Å². The number of ether oxygens (including phenoxy) is 1. The van der Waals surface area contributed by atoms with Crippen molar-refractivity contribution in [3.63, 3.8) is 0 Å². The van der Waals surface area contributed by atoms with Gasteiger partial charge >= 0.3 is 0 Å². The average molecular weight is 253 g/mol. The highest BCUT2D eigenvalue weighted by atomic mass is 32.1. The maximum Gasteiger partial charge on any atom is 0.217 e. The van der Waals surface area contributed by atoms with E-state index in [2.05, 4.69) is 10.1 Å². The Labute approximate surface area is 104 Å². The van der Waals surface area contributed by atoms with E-state index in [1.165, 1.54) is 11.3 Å². The van der Waals surface area contributed by atoms with Gasteiger partial charge in [-0.15, -0.1) is 11.3 Å². The molecule has 1 atom stereocenters. The first kappa shape index (κ1) is 12.1. The molecule has 6 heteroatoms. The molecule has 0 aliphatic heterocycles. The SMILES string of the molecule is COc1c(C(O)Cc2nccs2)c(C)nn1C. The van der Waals surface area contributed by atoms with E-state index in [9.17, 15) is 5.11 Å². The highest BCUT2D eigenvalue weighted by Gasteiger charge is 2.22. The minimum atomic E-state index is -0.634. The van der Waals surface area contributed by atoms with Crippen LogP contribution in [-0.2, 0) is 13.5 Å². The van der Waals surface area contributed by atoms with Crippen molar-refractivity contribution in [3.8, 4) is 5.88 Å². The van der Waals surface area contributed by atoms with E-state index in [1.54, 1.807) is 25.0 Å². The van der Waals surface area contributed by atoms with Gasteiger partial charge in [0.1, 0.15) is 0 Å². The fraction of sp³-hybridized carbons (Fsp3) is 0.455. The van der Waals surface area contributed by atoms with Crippen LogP contribution in [0.4, 0.5) is 0 Å². The fourth-order valence-electron chi connectivity index (χ4n) is 1.90. The molecule has 0 aliphatic rings. The highest BCUT2D eigenvalue weighted by Crippen LogP contribution is 2.30. The smallest absolute Gasteiger partial charge is 0.217 e. The second kappa shape index (κ2) is 4.85. The Bertz CT molecular complexity index is 493. The Hall–Kier alpha value is -1.40. The van der Waals surface area contributed by atoms with Crippen LogP contribution in [-0.4, -0.2) is 27.0 Å². The predicted molar refractivity (Wildman–Crippen MR) is 65.3 cm³/mol. The van der Waals surface area contributed by atoms with Crippen molar-refractivity contribution in [3.05, 3.63) is 27.8 Å². The molecule has 0 amide bonds. The van der Waals surface area contributed by atoms with Gasteiger partial charge in [-0.2, -0.15) is 5.10 Å². The van der Waals surface area contributed by atoms with Crippen LogP contribution in [0.1, 0.15) is 22.4 Å². The number of nitrogens with zero attached hydrogens (tertiary/aromatic N) is 3. The van der Waals surface area contributed by atoms with E-state index < -0.39 is 6.10 Å². The van der Waals surface area contributed by atoms with Gasteiger partial charge in [0.25, 0.3) is 0 Å². The van der Waals surface area contributed by atoms with E-state index in [4.69, 9.17) is 4.74 Å². The van der Waals surface area contributed by atoms with Gasteiger partial charge in [0.2, 0.25) is 5.88 Å². The van der Waals surface area contributed by atoms with Crippen molar-refractivity contribution in [2.45, 2.75) is 19.4 Å². The third-order valence-corrected chi connectivity index (χ3v) is 3.39. The highest BCUT2D eigenvalue weighted by molar-refractivity contribution is 7.09. The molecule has 0 radical (unpaired) electrons. The molecule has 2 aromatic rings. The standard InChI is InChI=1S/C11H15N3O2S/c1-7-10(11(16-3)14(2)13-7)8(15)6-9-12-4-5-17-9/h4-5,8,15H,6H2,1-3H3. The number of methoxy groups -OCH3 is 1. The molecular formula is C11H15N3O2S. The molecule has 0 saturated carbocycles. The number of hydrogen-bond donors (Lipinski definition) is 1. The lowest BCUT2D eigenvalue weighted by Crippen LogP contribution is -2.05. The summed E-state index contributed by atoms with van der Waals surface area (Å²) in [6, 6.07) is 0. The zero-order chi connectivity index (χ0) is 12.4. The normalized spacial score (nSPS) is 12.7. The van der Waals surface area contributed by atoms with Crippen molar-refractivity contribution < 1.29 is 9.84 Å². The first-order valence-electron chi connectivity index (χ1n) is 5.27. The Morgan fingerprint density at radius 2 is 2.35 bits per heavy atom. The molecule has 1 N–H and O–H groups in total. The Kier molecular flexibility index (Phi) is 3.44. The Morgan fingerprint density at radius 3 is 2.94 bits per heavy atom. The molecule has 0 aliphatic carbocycles. The lowest BCUT2D eigenvalue weighted by molar-refractivity contribution is 0.172. The monoisotopic (exact) mass is 253 g/mol. The quantitative estimate of drug-likeness (QED) is 0.896. The van der Waals surface area contributed by atoms with Gasteiger partial charge < -0.3 is 9.84 Å². The third-order valence-electron chi connectivity index (χ3n) is 2.59. The zero-order valence-electron chi connectivity index (χ0n) is 10.0. The zero-order valence-corrected chi connectivity index (χ0v) is 10.9. The van der Waals surface area contributed by atoms with Crippen LogP contribution in [0.2, 0.25) is 0 Å². The summed E-state index contributed by atoms with van der Waals surface area (Å²) >= 11 is 1.53. The van der Waals surface area contributed by atoms with Crippen LogP contribution in [0.25, 0.3) is 0 Å².